The Hall–Kier alpha value is -1.23. The van der Waals surface area contributed by atoms with Crippen LogP contribution in [0.15, 0.2) is 40.9 Å². The van der Waals surface area contributed by atoms with Crippen molar-refractivity contribution in [1.82, 2.24) is 0 Å². The van der Waals surface area contributed by atoms with Crippen molar-refractivity contribution < 1.29 is 14.6 Å². The molecule has 0 aromatic heterocycles. The third kappa shape index (κ3) is 4.13. The van der Waals surface area contributed by atoms with Crippen LogP contribution in [0.4, 0.5) is 0 Å². The second-order valence-electron chi connectivity index (χ2n) is 4.61. The summed E-state index contributed by atoms with van der Waals surface area (Å²) in [4.78, 5) is 0. The first-order chi connectivity index (χ1) is 10.0. The van der Waals surface area contributed by atoms with Crippen molar-refractivity contribution in [2.24, 2.45) is 0 Å². The molecule has 0 radical (unpaired) electrons. The fourth-order valence-electron chi connectivity index (χ4n) is 1.84. The molecule has 0 spiro atoms. The first-order valence-corrected chi connectivity index (χ1v) is 7.61. The number of hydrogen-bond acceptors (Lipinski definition) is 3. The van der Waals surface area contributed by atoms with E-state index in [1.807, 2.05) is 18.2 Å². The minimum atomic E-state index is -0.552. The van der Waals surface area contributed by atoms with Crippen molar-refractivity contribution in [3.63, 3.8) is 0 Å². The third-order valence-electron chi connectivity index (χ3n) is 3.07. The predicted molar refractivity (Wildman–Crippen MR) is 87.1 cm³/mol. The van der Waals surface area contributed by atoms with Crippen molar-refractivity contribution in [3.8, 4) is 11.5 Å². The zero-order chi connectivity index (χ0) is 15.4. The summed E-state index contributed by atoms with van der Waals surface area (Å²) < 4.78 is 11.9. The zero-order valence-corrected chi connectivity index (χ0v) is 14.1. The summed E-state index contributed by atoms with van der Waals surface area (Å²) in [7, 11) is 1.62. The molecule has 0 aliphatic carbocycles. The monoisotopic (exact) mass is 370 g/mol. The van der Waals surface area contributed by atoms with Gasteiger partial charge in [0.2, 0.25) is 0 Å². The van der Waals surface area contributed by atoms with Gasteiger partial charge in [0.05, 0.1) is 18.2 Å². The van der Waals surface area contributed by atoms with E-state index in [9.17, 15) is 5.11 Å². The lowest BCUT2D eigenvalue weighted by atomic mass is 10.1. The van der Waals surface area contributed by atoms with Crippen LogP contribution in [0.2, 0.25) is 5.02 Å². The number of hydrogen-bond donors (Lipinski definition) is 1. The average Bonchev–Trinajstić information content (AvgIpc) is 2.47. The topological polar surface area (TPSA) is 38.7 Å². The molecule has 112 valence electrons. The molecule has 0 bridgehead atoms. The van der Waals surface area contributed by atoms with Crippen LogP contribution in [0.25, 0.3) is 0 Å². The number of ether oxygens (including phenoxy) is 2. The molecule has 5 heteroatoms. The van der Waals surface area contributed by atoms with Gasteiger partial charge in [-0.1, -0.05) is 33.6 Å². The van der Waals surface area contributed by atoms with E-state index in [-0.39, 0.29) is 0 Å². The van der Waals surface area contributed by atoms with Gasteiger partial charge in [-0.25, -0.2) is 0 Å². The molecule has 2 aromatic rings. The van der Waals surface area contributed by atoms with E-state index < -0.39 is 6.10 Å². The molecule has 21 heavy (non-hydrogen) atoms. The highest BCUT2D eigenvalue weighted by molar-refractivity contribution is 9.10. The summed E-state index contributed by atoms with van der Waals surface area (Å²) in [5.41, 5.74) is 1.72. The van der Waals surface area contributed by atoms with Gasteiger partial charge < -0.3 is 14.6 Å². The first kappa shape index (κ1) is 16.1. The molecule has 1 atom stereocenters. The van der Waals surface area contributed by atoms with Crippen molar-refractivity contribution in [1.29, 1.82) is 0 Å². The predicted octanol–water partition coefficient (Wildman–Crippen LogP) is 4.74. The lowest BCUT2D eigenvalue weighted by molar-refractivity contribution is 0.199. The van der Waals surface area contributed by atoms with E-state index in [0.29, 0.717) is 17.4 Å². The molecule has 0 heterocycles. The van der Waals surface area contributed by atoms with Crippen LogP contribution in [-0.2, 0) is 6.61 Å². The standard InChI is InChI=1S/C16H16BrClO3/c1-10(19)11-3-6-16(15(18)8-11)21-9-12-7-13(20-2)4-5-14(12)17/h3-8,10,19H,9H2,1-2H3. The highest BCUT2D eigenvalue weighted by Crippen LogP contribution is 2.30. The second kappa shape index (κ2) is 7.16. The Labute approximate surface area is 137 Å². The summed E-state index contributed by atoms with van der Waals surface area (Å²) >= 11 is 9.65. The first-order valence-electron chi connectivity index (χ1n) is 6.44. The number of benzene rings is 2. The van der Waals surface area contributed by atoms with Crippen LogP contribution in [-0.4, -0.2) is 12.2 Å². The summed E-state index contributed by atoms with van der Waals surface area (Å²) in [6, 6.07) is 11.0. The van der Waals surface area contributed by atoms with Gasteiger partial charge >= 0.3 is 0 Å². The molecule has 0 saturated heterocycles. The quantitative estimate of drug-likeness (QED) is 0.825. The van der Waals surface area contributed by atoms with E-state index in [4.69, 9.17) is 21.1 Å². The largest absolute Gasteiger partial charge is 0.497 e. The molecular formula is C16H16BrClO3. The molecular weight excluding hydrogens is 356 g/mol. The van der Waals surface area contributed by atoms with Crippen LogP contribution in [0, 0.1) is 0 Å². The highest BCUT2D eigenvalue weighted by Gasteiger charge is 2.08. The normalized spacial score (nSPS) is 12.0. The summed E-state index contributed by atoms with van der Waals surface area (Å²) in [6.07, 6.45) is -0.552. The maximum atomic E-state index is 9.52. The van der Waals surface area contributed by atoms with E-state index >= 15 is 0 Å². The minimum Gasteiger partial charge on any atom is -0.497 e. The van der Waals surface area contributed by atoms with Crippen LogP contribution in [0.5, 0.6) is 11.5 Å². The number of aliphatic hydroxyl groups is 1. The van der Waals surface area contributed by atoms with Crippen molar-refractivity contribution in [3.05, 3.63) is 57.0 Å². The molecule has 3 nitrogen and oxygen atoms in total. The Morgan fingerprint density at radius 1 is 1.24 bits per heavy atom. The maximum Gasteiger partial charge on any atom is 0.138 e. The maximum absolute atomic E-state index is 9.52. The third-order valence-corrected chi connectivity index (χ3v) is 4.14. The smallest absolute Gasteiger partial charge is 0.138 e. The van der Waals surface area contributed by atoms with E-state index in [1.165, 1.54) is 0 Å². The lowest BCUT2D eigenvalue weighted by Gasteiger charge is -2.12. The van der Waals surface area contributed by atoms with E-state index in [1.54, 1.807) is 32.2 Å². The van der Waals surface area contributed by atoms with Crippen molar-refractivity contribution in [2.75, 3.05) is 7.11 Å². The molecule has 1 unspecified atom stereocenters. The Kier molecular flexibility index (Phi) is 5.51. The van der Waals surface area contributed by atoms with Gasteiger partial charge in [-0.2, -0.15) is 0 Å². The molecule has 0 amide bonds. The van der Waals surface area contributed by atoms with Gasteiger partial charge in [0, 0.05) is 10.0 Å². The molecule has 0 aliphatic rings. The van der Waals surface area contributed by atoms with Crippen LogP contribution in [0.1, 0.15) is 24.2 Å². The summed E-state index contributed by atoms with van der Waals surface area (Å²) in [5, 5.41) is 10.0. The lowest BCUT2D eigenvalue weighted by Crippen LogP contribution is -1.99. The van der Waals surface area contributed by atoms with Gasteiger partial charge in [-0.15, -0.1) is 0 Å². The van der Waals surface area contributed by atoms with Gasteiger partial charge in [0.25, 0.3) is 0 Å². The molecule has 0 fully saturated rings. The van der Waals surface area contributed by atoms with Crippen LogP contribution >= 0.6 is 27.5 Å². The van der Waals surface area contributed by atoms with Crippen LogP contribution < -0.4 is 9.47 Å². The highest BCUT2D eigenvalue weighted by atomic mass is 79.9. The fraction of sp³-hybridized carbons (Fsp3) is 0.250. The van der Waals surface area contributed by atoms with Crippen molar-refractivity contribution in [2.45, 2.75) is 19.6 Å². The van der Waals surface area contributed by atoms with Gasteiger partial charge in [-0.3, -0.25) is 0 Å². The molecule has 0 saturated carbocycles. The second-order valence-corrected chi connectivity index (χ2v) is 5.87. The number of halogens is 2. The Morgan fingerprint density at radius 2 is 2.00 bits per heavy atom. The van der Waals surface area contributed by atoms with Gasteiger partial charge in [0.15, 0.2) is 0 Å². The van der Waals surface area contributed by atoms with Crippen molar-refractivity contribution >= 4 is 27.5 Å². The fourth-order valence-corrected chi connectivity index (χ4v) is 2.44. The van der Waals surface area contributed by atoms with Gasteiger partial charge in [-0.05, 0) is 42.8 Å². The summed E-state index contributed by atoms with van der Waals surface area (Å²) in [5.74, 6) is 1.35. The van der Waals surface area contributed by atoms with Gasteiger partial charge in [0.1, 0.15) is 18.1 Å². The molecule has 2 aromatic carbocycles. The molecule has 2 rings (SSSR count). The number of methoxy groups -OCH3 is 1. The average molecular weight is 372 g/mol. The molecule has 0 aliphatic heterocycles. The van der Waals surface area contributed by atoms with E-state index in [2.05, 4.69) is 15.9 Å². The SMILES string of the molecule is COc1ccc(Br)c(COc2ccc(C(C)O)cc2Cl)c1. The molecule has 1 N–H and O–H groups in total. The summed E-state index contributed by atoms with van der Waals surface area (Å²) in [6.45, 7) is 2.06. The number of rotatable bonds is 5. The zero-order valence-electron chi connectivity index (χ0n) is 11.8. The Bertz CT molecular complexity index is 629. The number of aliphatic hydroxyl groups excluding tert-OH is 1. The Balaban J connectivity index is 2.13. The van der Waals surface area contributed by atoms with Crippen LogP contribution in [0.3, 0.4) is 0 Å². The minimum absolute atomic E-state index is 0.367. The Morgan fingerprint density at radius 3 is 2.62 bits per heavy atom. The van der Waals surface area contributed by atoms with E-state index in [0.717, 1.165) is 21.3 Å².